The molecule has 0 unspecified atom stereocenters. The van der Waals surface area contributed by atoms with E-state index in [1.807, 2.05) is 32.5 Å². The number of hydrogen-bond donors (Lipinski definition) is 0. The van der Waals surface area contributed by atoms with Gasteiger partial charge in [-0.1, -0.05) is 0 Å². The van der Waals surface area contributed by atoms with Crippen molar-refractivity contribution in [3.8, 4) is 0 Å². The summed E-state index contributed by atoms with van der Waals surface area (Å²) < 4.78 is 11.4. The van der Waals surface area contributed by atoms with E-state index in [9.17, 15) is 4.79 Å². The average Bonchev–Trinajstić information content (AvgIpc) is 2.88. The van der Waals surface area contributed by atoms with Crippen molar-refractivity contribution < 1.29 is 14.3 Å². The molecule has 5 nitrogen and oxygen atoms in total. The van der Waals surface area contributed by atoms with Crippen molar-refractivity contribution >= 4 is 17.4 Å². The van der Waals surface area contributed by atoms with Crippen molar-refractivity contribution in [3.05, 3.63) is 16.6 Å². The predicted octanol–water partition coefficient (Wildman–Crippen LogP) is 3.45. The first-order valence-corrected chi connectivity index (χ1v) is 8.15. The summed E-state index contributed by atoms with van der Waals surface area (Å²) in [4.78, 5) is 19.0. The minimum atomic E-state index is -0.444. The lowest BCUT2D eigenvalue weighted by Gasteiger charge is -2.39. The van der Waals surface area contributed by atoms with Gasteiger partial charge in [-0.25, -0.2) is 4.79 Å². The molecule has 1 fully saturated rings. The maximum atomic E-state index is 12.0. The summed E-state index contributed by atoms with van der Waals surface area (Å²) in [6.45, 7) is 9.71. The number of likely N-dealkylation sites (tertiary alicyclic amines) is 1. The van der Waals surface area contributed by atoms with Gasteiger partial charge in [0.2, 0.25) is 0 Å². The fraction of sp³-hybridized carbons (Fsp3) is 0.733. The fourth-order valence-corrected chi connectivity index (χ4v) is 2.70. The summed E-state index contributed by atoms with van der Waals surface area (Å²) in [5.74, 6) is 0. The molecule has 0 N–H and O–H groups in total. The molecule has 0 aliphatic carbocycles. The molecule has 0 saturated carbocycles. The average molecular weight is 312 g/mol. The van der Waals surface area contributed by atoms with Crippen LogP contribution in [-0.4, -0.2) is 40.3 Å². The Morgan fingerprint density at radius 2 is 2.10 bits per heavy atom. The van der Waals surface area contributed by atoms with E-state index in [1.165, 1.54) is 0 Å². The van der Waals surface area contributed by atoms with Gasteiger partial charge in [0.05, 0.1) is 22.6 Å². The number of aromatic nitrogens is 1. The highest BCUT2D eigenvalue weighted by atomic mass is 32.1. The fourth-order valence-electron chi connectivity index (χ4n) is 2.19. The second-order valence-electron chi connectivity index (χ2n) is 6.67. The summed E-state index contributed by atoms with van der Waals surface area (Å²) >= 11 is 1.60. The first kappa shape index (κ1) is 16.2. The number of ether oxygens (including phenoxy) is 2. The van der Waals surface area contributed by atoms with Crippen LogP contribution in [-0.2, 0) is 16.1 Å². The van der Waals surface area contributed by atoms with Crippen molar-refractivity contribution in [1.29, 1.82) is 0 Å². The molecular formula is C15H24N2O3S. The highest BCUT2D eigenvalue weighted by Gasteiger charge is 2.34. The molecule has 1 amide bonds. The number of hydrogen-bond acceptors (Lipinski definition) is 5. The van der Waals surface area contributed by atoms with Crippen LogP contribution in [0.2, 0.25) is 0 Å². The molecule has 0 bridgehead atoms. The van der Waals surface area contributed by atoms with Crippen molar-refractivity contribution in [2.24, 2.45) is 0 Å². The zero-order valence-electron chi connectivity index (χ0n) is 13.2. The SMILES string of the molecule is CC(C)(C)OC(=O)N1CCC(C)(OCc2cncs2)CC1. The summed E-state index contributed by atoms with van der Waals surface area (Å²) in [6, 6.07) is 0. The molecule has 1 aromatic heterocycles. The van der Waals surface area contributed by atoms with Gasteiger partial charge in [0.25, 0.3) is 0 Å². The van der Waals surface area contributed by atoms with Gasteiger partial charge in [0.1, 0.15) is 5.60 Å². The van der Waals surface area contributed by atoms with E-state index in [4.69, 9.17) is 9.47 Å². The molecule has 1 aliphatic heterocycles. The molecular weight excluding hydrogens is 288 g/mol. The zero-order valence-corrected chi connectivity index (χ0v) is 14.0. The van der Waals surface area contributed by atoms with Crippen LogP contribution in [0.25, 0.3) is 0 Å². The van der Waals surface area contributed by atoms with Gasteiger partial charge in [0, 0.05) is 19.3 Å². The summed E-state index contributed by atoms with van der Waals surface area (Å²) in [6.07, 6.45) is 3.26. The van der Waals surface area contributed by atoms with Gasteiger partial charge in [-0.2, -0.15) is 0 Å². The van der Waals surface area contributed by atoms with Crippen LogP contribution in [0, 0.1) is 0 Å². The third-order valence-electron chi connectivity index (χ3n) is 3.52. The van der Waals surface area contributed by atoms with Gasteiger partial charge in [-0.05, 0) is 40.5 Å². The Morgan fingerprint density at radius 3 is 2.62 bits per heavy atom. The van der Waals surface area contributed by atoms with Crippen LogP contribution in [0.3, 0.4) is 0 Å². The molecule has 2 rings (SSSR count). The smallest absolute Gasteiger partial charge is 0.410 e. The maximum Gasteiger partial charge on any atom is 0.410 e. The lowest BCUT2D eigenvalue weighted by molar-refractivity contribution is -0.0804. The Hall–Kier alpha value is -1.14. The number of thiazole rings is 1. The Bertz CT molecular complexity index is 460. The van der Waals surface area contributed by atoms with Crippen LogP contribution in [0.4, 0.5) is 4.79 Å². The molecule has 1 aliphatic rings. The van der Waals surface area contributed by atoms with E-state index in [0.29, 0.717) is 19.7 Å². The van der Waals surface area contributed by atoms with Gasteiger partial charge >= 0.3 is 6.09 Å². The van der Waals surface area contributed by atoms with E-state index in [-0.39, 0.29) is 11.7 Å². The van der Waals surface area contributed by atoms with E-state index < -0.39 is 5.60 Å². The summed E-state index contributed by atoms with van der Waals surface area (Å²) in [7, 11) is 0. The first-order chi connectivity index (χ1) is 9.77. The Labute approximate surface area is 130 Å². The number of amides is 1. The minimum absolute atomic E-state index is 0.178. The number of piperidine rings is 1. The van der Waals surface area contributed by atoms with Gasteiger partial charge in [0.15, 0.2) is 0 Å². The standard InChI is InChI=1S/C15H24N2O3S/c1-14(2,3)20-13(18)17-7-5-15(4,6-8-17)19-10-12-9-16-11-21-12/h9,11H,5-8,10H2,1-4H3. The minimum Gasteiger partial charge on any atom is -0.444 e. The van der Waals surface area contributed by atoms with E-state index in [2.05, 4.69) is 11.9 Å². The topological polar surface area (TPSA) is 51.7 Å². The van der Waals surface area contributed by atoms with Crippen molar-refractivity contribution in [1.82, 2.24) is 9.88 Å². The highest BCUT2D eigenvalue weighted by Crippen LogP contribution is 2.28. The van der Waals surface area contributed by atoms with E-state index in [0.717, 1.165) is 17.7 Å². The van der Waals surface area contributed by atoms with Crippen LogP contribution < -0.4 is 0 Å². The Kier molecular flexibility index (Phi) is 4.88. The molecule has 1 saturated heterocycles. The second kappa shape index (κ2) is 6.32. The van der Waals surface area contributed by atoms with Gasteiger partial charge in [-0.3, -0.25) is 4.98 Å². The molecule has 0 spiro atoms. The number of carbonyl (C=O) groups is 1. The number of rotatable bonds is 3. The quantitative estimate of drug-likeness (QED) is 0.858. The molecule has 2 heterocycles. The van der Waals surface area contributed by atoms with Crippen LogP contribution in [0.1, 0.15) is 45.4 Å². The van der Waals surface area contributed by atoms with Gasteiger partial charge < -0.3 is 14.4 Å². The van der Waals surface area contributed by atoms with Crippen molar-refractivity contribution in [3.63, 3.8) is 0 Å². The van der Waals surface area contributed by atoms with Crippen molar-refractivity contribution in [2.45, 2.75) is 58.3 Å². The lowest BCUT2D eigenvalue weighted by atomic mass is 9.93. The molecule has 118 valence electrons. The monoisotopic (exact) mass is 312 g/mol. The third-order valence-corrected chi connectivity index (χ3v) is 4.27. The Morgan fingerprint density at radius 1 is 1.43 bits per heavy atom. The highest BCUT2D eigenvalue weighted by molar-refractivity contribution is 7.09. The molecule has 0 aromatic carbocycles. The lowest BCUT2D eigenvalue weighted by Crippen LogP contribution is -2.47. The second-order valence-corrected chi connectivity index (χ2v) is 7.64. The maximum absolute atomic E-state index is 12.0. The normalized spacial score (nSPS) is 18.6. The number of nitrogens with zero attached hydrogens (tertiary/aromatic N) is 2. The molecule has 21 heavy (non-hydrogen) atoms. The summed E-state index contributed by atoms with van der Waals surface area (Å²) in [5.41, 5.74) is 1.19. The van der Waals surface area contributed by atoms with Gasteiger partial charge in [-0.15, -0.1) is 11.3 Å². The van der Waals surface area contributed by atoms with Crippen LogP contribution in [0.5, 0.6) is 0 Å². The predicted molar refractivity (Wildman–Crippen MR) is 82.3 cm³/mol. The number of carbonyl (C=O) groups excluding carboxylic acids is 1. The largest absolute Gasteiger partial charge is 0.444 e. The summed E-state index contributed by atoms with van der Waals surface area (Å²) in [5, 5.41) is 0. The first-order valence-electron chi connectivity index (χ1n) is 7.27. The molecule has 0 atom stereocenters. The molecule has 1 aromatic rings. The van der Waals surface area contributed by atoms with Crippen LogP contribution >= 0.6 is 11.3 Å². The molecule has 6 heteroatoms. The van der Waals surface area contributed by atoms with Crippen LogP contribution in [0.15, 0.2) is 11.7 Å². The zero-order chi connectivity index (χ0) is 15.5. The third kappa shape index (κ3) is 4.97. The van der Waals surface area contributed by atoms with Crippen molar-refractivity contribution in [2.75, 3.05) is 13.1 Å². The van der Waals surface area contributed by atoms with E-state index >= 15 is 0 Å². The molecule has 0 radical (unpaired) electrons. The Balaban J connectivity index is 1.80. The van der Waals surface area contributed by atoms with E-state index in [1.54, 1.807) is 16.2 Å².